The molecule has 0 aliphatic carbocycles. The molecule has 2 rings (SSSR count). The van der Waals surface area contributed by atoms with Gasteiger partial charge < -0.3 is 4.74 Å². The van der Waals surface area contributed by atoms with Crippen molar-refractivity contribution in [2.75, 3.05) is 21.2 Å². The molecule has 0 aliphatic rings. The minimum Gasteiger partial charge on any atom is -0.465 e. The number of hydrogen-bond donors (Lipinski definition) is 0. The average molecular weight is 357 g/mol. The quantitative estimate of drug-likeness (QED) is 0.708. The zero-order valence-electron chi connectivity index (χ0n) is 12.9. The number of benzene rings is 1. The van der Waals surface area contributed by atoms with Crippen LogP contribution >= 0.6 is 11.8 Å². The molecule has 11 heteroatoms. The van der Waals surface area contributed by atoms with Crippen LogP contribution in [0, 0.1) is 0 Å². The van der Waals surface area contributed by atoms with Crippen LogP contribution in [0.5, 0.6) is 0 Å². The average Bonchev–Trinajstić information content (AvgIpc) is 2.91. The first-order valence-electron chi connectivity index (χ1n) is 6.32. The Morgan fingerprint density at radius 1 is 1.35 bits per heavy atom. The fourth-order valence-corrected chi connectivity index (χ4v) is 3.40. The van der Waals surface area contributed by atoms with Crippen molar-refractivity contribution in [1.82, 2.24) is 24.5 Å². The van der Waals surface area contributed by atoms with E-state index in [1.54, 1.807) is 7.05 Å². The maximum absolute atomic E-state index is 12.2. The van der Waals surface area contributed by atoms with Crippen molar-refractivity contribution in [2.45, 2.75) is 14.9 Å². The summed E-state index contributed by atoms with van der Waals surface area (Å²) in [6, 6.07) is 4.24. The maximum Gasteiger partial charge on any atom is 0.339 e. The van der Waals surface area contributed by atoms with Crippen LogP contribution in [0.1, 0.15) is 10.4 Å². The SMILES string of the molecule is COC(=O)c1cc(S(=O)(=O)N(C)C)ccc1Sc1nnnn1C. The van der Waals surface area contributed by atoms with E-state index in [0.717, 1.165) is 16.1 Å². The van der Waals surface area contributed by atoms with Gasteiger partial charge in [-0.2, -0.15) is 0 Å². The van der Waals surface area contributed by atoms with E-state index in [1.165, 1.54) is 44.1 Å². The van der Waals surface area contributed by atoms with Crippen LogP contribution in [0.4, 0.5) is 0 Å². The van der Waals surface area contributed by atoms with Crippen molar-refractivity contribution >= 4 is 27.8 Å². The number of ether oxygens (including phenoxy) is 1. The Balaban J connectivity index is 2.52. The lowest BCUT2D eigenvalue weighted by Gasteiger charge is -2.13. The maximum atomic E-state index is 12.2. The molecule has 1 aromatic carbocycles. The van der Waals surface area contributed by atoms with E-state index < -0.39 is 16.0 Å². The van der Waals surface area contributed by atoms with Crippen molar-refractivity contribution in [3.63, 3.8) is 0 Å². The van der Waals surface area contributed by atoms with Gasteiger partial charge in [0.25, 0.3) is 0 Å². The summed E-state index contributed by atoms with van der Waals surface area (Å²) < 4.78 is 31.7. The molecule has 0 spiro atoms. The number of hydrogen-bond acceptors (Lipinski definition) is 8. The summed E-state index contributed by atoms with van der Waals surface area (Å²) in [5.41, 5.74) is 0.128. The van der Waals surface area contributed by atoms with E-state index in [2.05, 4.69) is 15.5 Å². The number of aryl methyl sites for hydroxylation is 1. The molecule has 124 valence electrons. The molecule has 0 N–H and O–H groups in total. The molecule has 0 amide bonds. The van der Waals surface area contributed by atoms with E-state index in [-0.39, 0.29) is 10.5 Å². The Bertz CT molecular complexity index is 832. The Morgan fingerprint density at radius 3 is 2.57 bits per heavy atom. The summed E-state index contributed by atoms with van der Waals surface area (Å²) in [5, 5.41) is 11.5. The second-order valence-electron chi connectivity index (χ2n) is 4.62. The van der Waals surface area contributed by atoms with E-state index >= 15 is 0 Å². The van der Waals surface area contributed by atoms with Gasteiger partial charge in [0.05, 0.1) is 17.6 Å². The molecule has 0 atom stereocenters. The molecule has 23 heavy (non-hydrogen) atoms. The fraction of sp³-hybridized carbons (Fsp3) is 0.333. The van der Waals surface area contributed by atoms with Crippen molar-refractivity contribution in [3.8, 4) is 0 Å². The van der Waals surface area contributed by atoms with E-state index in [4.69, 9.17) is 4.74 Å². The first-order valence-corrected chi connectivity index (χ1v) is 8.58. The number of sulfonamides is 1. The van der Waals surface area contributed by atoms with Crippen molar-refractivity contribution in [3.05, 3.63) is 23.8 Å². The van der Waals surface area contributed by atoms with Crippen molar-refractivity contribution < 1.29 is 17.9 Å². The number of aromatic nitrogens is 4. The highest BCUT2D eigenvalue weighted by Crippen LogP contribution is 2.31. The van der Waals surface area contributed by atoms with Gasteiger partial charge >= 0.3 is 5.97 Å². The van der Waals surface area contributed by atoms with Gasteiger partial charge in [-0.15, -0.1) is 5.10 Å². The Labute approximate surface area is 137 Å². The van der Waals surface area contributed by atoms with Gasteiger partial charge in [-0.05, 0) is 40.4 Å². The first kappa shape index (κ1) is 17.4. The second-order valence-corrected chi connectivity index (χ2v) is 7.79. The Kier molecular flexibility index (Phi) is 5.02. The molecule has 0 unspecified atom stereocenters. The molecule has 0 radical (unpaired) electrons. The third-order valence-corrected chi connectivity index (χ3v) is 5.83. The summed E-state index contributed by atoms with van der Waals surface area (Å²) in [7, 11) is 2.07. The van der Waals surface area contributed by atoms with Crippen LogP contribution in [0.25, 0.3) is 0 Å². The smallest absolute Gasteiger partial charge is 0.339 e. The van der Waals surface area contributed by atoms with Crippen LogP contribution in [0.2, 0.25) is 0 Å². The predicted octanol–water partition coefficient (Wildman–Crippen LogP) is 0.398. The Hall–Kier alpha value is -1.98. The van der Waals surface area contributed by atoms with Crippen LogP contribution in [-0.4, -0.2) is 60.1 Å². The third-order valence-electron chi connectivity index (χ3n) is 2.92. The number of esters is 1. The lowest BCUT2D eigenvalue weighted by atomic mass is 10.2. The first-order chi connectivity index (χ1) is 10.8. The van der Waals surface area contributed by atoms with Crippen LogP contribution in [0.15, 0.2) is 33.1 Å². The number of rotatable bonds is 5. The van der Waals surface area contributed by atoms with Gasteiger partial charge in [0, 0.05) is 26.0 Å². The van der Waals surface area contributed by atoms with Crippen LogP contribution < -0.4 is 0 Å². The molecule has 1 aromatic heterocycles. The molecule has 0 saturated heterocycles. The van der Waals surface area contributed by atoms with E-state index in [1.807, 2.05) is 0 Å². The summed E-state index contributed by atoms with van der Waals surface area (Å²) in [6.45, 7) is 0. The molecular formula is C12H15N5O4S2. The minimum atomic E-state index is -3.66. The molecule has 0 fully saturated rings. The highest BCUT2D eigenvalue weighted by atomic mass is 32.2. The standard InChI is InChI=1S/C12H15N5O4S2/c1-16(2)23(19,20)8-5-6-10(9(7-8)11(18)21-4)22-12-13-14-15-17(12)3/h5-7H,1-4H3. The van der Waals surface area contributed by atoms with Crippen molar-refractivity contribution in [1.29, 1.82) is 0 Å². The zero-order chi connectivity index (χ0) is 17.2. The highest BCUT2D eigenvalue weighted by Gasteiger charge is 2.22. The number of methoxy groups -OCH3 is 1. The zero-order valence-corrected chi connectivity index (χ0v) is 14.6. The van der Waals surface area contributed by atoms with Gasteiger partial charge in [-0.25, -0.2) is 22.2 Å². The molecular weight excluding hydrogens is 342 g/mol. The van der Waals surface area contributed by atoms with E-state index in [0.29, 0.717) is 10.1 Å². The lowest BCUT2D eigenvalue weighted by molar-refractivity contribution is 0.0596. The molecule has 9 nitrogen and oxygen atoms in total. The molecule has 0 saturated carbocycles. The monoisotopic (exact) mass is 357 g/mol. The fourth-order valence-electron chi connectivity index (χ4n) is 1.64. The van der Waals surface area contributed by atoms with E-state index in [9.17, 15) is 13.2 Å². The van der Waals surface area contributed by atoms with Gasteiger partial charge in [0.15, 0.2) is 0 Å². The highest BCUT2D eigenvalue weighted by molar-refractivity contribution is 7.99. The van der Waals surface area contributed by atoms with Gasteiger partial charge in [0.2, 0.25) is 15.2 Å². The van der Waals surface area contributed by atoms with Crippen LogP contribution in [0.3, 0.4) is 0 Å². The summed E-state index contributed by atoms with van der Waals surface area (Å²) in [4.78, 5) is 12.5. The number of tetrazole rings is 1. The largest absolute Gasteiger partial charge is 0.465 e. The summed E-state index contributed by atoms with van der Waals surface area (Å²) in [5.74, 6) is -0.640. The normalized spacial score (nSPS) is 11.7. The molecule has 0 aliphatic heterocycles. The second kappa shape index (κ2) is 6.64. The van der Waals surface area contributed by atoms with Gasteiger partial charge in [-0.3, -0.25) is 0 Å². The number of nitrogens with zero attached hydrogens (tertiary/aromatic N) is 5. The molecule has 2 aromatic rings. The summed E-state index contributed by atoms with van der Waals surface area (Å²) >= 11 is 1.14. The van der Waals surface area contributed by atoms with Crippen LogP contribution in [-0.2, 0) is 21.8 Å². The molecule has 0 bridgehead atoms. The summed E-state index contributed by atoms with van der Waals surface area (Å²) in [6.07, 6.45) is 0. The van der Waals surface area contributed by atoms with Gasteiger partial charge in [0.1, 0.15) is 0 Å². The number of carbonyl (C=O) groups excluding carboxylic acids is 1. The lowest BCUT2D eigenvalue weighted by Crippen LogP contribution is -2.22. The van der Waals surface area contributed by atoms with Crippen molar-refractivity contribution in [2.24, 2.45) is 7.05 Å². The topological polar surface area (TPSA) is 107 Å². The number of carbonyl (C=O) groups is 1. The predicted molar refractivity (Wildman–Crippen MR) is 81.6 cm³/mol. The third kappa shape index (κ3) is 3.51. The van der Waals surface area contributed by atoms with Gasteiger partial charge in [-0.1, -0.05) is 0 Å². The Morgan fingerprint density at radius 2 is 2.04 bits per heavy atom. The molecule has 1 heterocycles. The minimum absolute atomic E-state index is 0.00309.